The van der Waals surface area contributed by atoms with Crippen molar-refractivity contribution >= 4 is 34.6 Å². The highest BCUT2D eigenvalue weighted by atomic mass is 35.5. The molecule has 194 valence electrons. The molecule has 6 rings (SSSR count). The summed E-state index contributed by atoms with van der Waals surface area (Å²) in [5, 5.41) is 13.2. The van der Waals surface area contributed by atoms with E-state index in [-0.39, 0.29) is 17.5 Å². The van der Waals surface area contributed by atoms with E-state index in [0.717, 1.165) is 23.1 Å². The predicted molar refractivity (Wildman–Crippen MR) is 137 cm³/mol. The number of esters is 1. The van der Waals surface area contributed by atoms with Crippen molar-refractivity contribution in [2.24, 2.45) is 0 Å². The number of halogens is 1. The van der Waals surface area contributed by atoms with Gasteiger partial charge in [0.15, 0.2) is 23.1 Å². The minimum absolute atomic E-state index is 0.125. The lowest BCUT2D eigenvalue weighted by molar-refractivity contribution is -0.153. The second kappa shape index (κ2) is 9.79. The van der Waals surface area contributed by atoms with Crippen LogP contribution in [0, 0.1) is 0 Å². The Morgan fingerprint density at radius 2 is 1.97 bits per heavy atom. The van der Waals surface area contributed by atoms with E-state index < -0.39 is 37.1 Å². The maximum absolute atomic E-state index is 13.3. The first-order valence-electron chi connectivity index (χ1n) is 12.2. The third-order valence-electron chi connectivity index (χ3n) is 7.05. The summed E-state index contributed by atoms with van der Waals surface area (Å²) in [4.78, 5) is 37.8. The molecule has 4 atom stereocenters. The lowest BCUT2D eigenvalue weighted by Crippen LogP contribution is -2.50. The van der Waals surface area contributed by atoms with Gasteiger partial charge in [0.05, 0.1) is 25.4 Å². The molecule has 0 saturated carbocycles. The third-order valence-corrected chi connectivity index (χ3v) is 7.32. The molecule has 1 fully saturated rings. The number of hydrogen-bond donors (Lipinski definition) is 2. The van der Waals surface area contributed by atoms with Crippen molar-refractivity contribution in [2.45, 2.75) is 44.2 Å². The molecule has 1 aliphatic heterocycles. The molecule has 0 bridgehead atoms. The van der Waals surface area contributed by atoms with E-state index in [1.807, 2.05) is 24.3 Å². The number of imidazole rings is 1. The third kappa shape index (κ3) is 4.20. The van der Waals surface area contributed by atoms with Crippen LogP contribution >= 0.6 is 11.6 Å². The number of aliphatic hydroxyl groups is 1. The van der Waals surface area contributed by atoms with Crippen LogP contribution in [-0.2, 0) is 31.9 Å². The Morgan fingerprint density at radius 3 is 2.79 bits per heavy atom. The zero-order chi connectivity index (χ0) is 26.4. The molecule has 0 radical (unpaired) electrons. The molecule has 38 heavy (non-hydrogen) atoms. The number of benzene rings is 2. The molecule has 0 unspecified atom stereocenters. The van der Waals surface area contributed by atoms with Crippen molar-refractivity contribution < 1.29 is 24.2 Å². The number of amides is 1. The number of carbonyl (C=O) groups excluding carboxylic acids is 2. The maximum atomic E-state index is 13.3. The Hall–Kier alpha value is -3.86. The fraction of sp³-hybridized carbons (Fsp3) is 0.296. The molecular formula is C27H24ClN5O5. The topological polar surface area (TPSA) is 128 Å². The van der Waals surface area contributed by atoms with Crippen molar-refractivity contribution in [3.8, 4) is 11.1 Å². The van der Waals surface area contributed by atoms with Crippen LogP contribution in [0.15, 0.2) is 55.1 Å². The molecule has 1 aliphatic carbocycles. The zero-order valence-electron chi connectivity index (χ0n) is 20.4. The molecule has 2 aromatic heterocycles. The number of aliphatic hydroxyl groups excluding tert-OH is 1. The minimum atomic E-state index is -0.953. The summed E-state index contributed by atoms with van der Waals surface area (Å²) in [5.74, 6) is -0.836. The van der Waals surface area contributed by atoms with E-state index >= 15 is 0 Å². The molecule has 2 N–H and O–H groups in total. The highest BCUT2D eigenvalue weighted by Crippen LogP contribution is 2.38. The first kappa shape index (κ1) is 24.5. The van der Waals surface area contributed by atoms with Crippen molar-refractivity contribution in [1.82, 2.24) is 24.8 Å². The van der Waals surface area contributed by atoms with E-state index in [4.69, 9.17) is 21.1 Å². The average molecular weight is 534 g/mol. The summed E-state index contributed by atoms with van der Waals surface area (Å²) in [6, 6.07) is 13.4. The van der Waals surface area contributed by atoms with Gasteiger partial charge in [0.2, 0.25) is 5.91 Å². The smallest absolute Gasteiger partial charge is 0.303 e. The number of nitrogens with one attached hydrogen (secondary N) is 1. The second-order valence-electron chi connectivity index (χ2n) is 9.36. The fourth-order valence-electron chi connectivity index (χ4n) is 5.42. The van der Waals surface area contributed by atoms with Gasteiger partial charge in [-0.05, 0) is 34.2 Å². The molecule has 10 nitrogen and oxygen atoms in total. The number of fused-ring (bicyclic) bond motifs is 4. The summed E-state index contributed by atoms with van der Waals surface area (Å²) in [6.07, 6.45) is 0.928. The van der Waals surface area contributed by atoms with Crippen LogP contribution in [0.25, 0.3) is 22.3 Å². The normalized spacial score (nSPS) is 21.8. The molecule has 11 heteroatoms. The summed E-state index contributed by atoms with van der Waals surface area (Å²) in [5.41, 5.74) is 6.32. The van der Waals surface area contributed by atoms with Gasteiger partial charge in [-0.15, -0.1) is 0 Å². The largest absolute Gasteiger partial charge is 0.455 e. The number of carbonyl (C=O) groups is 2. The lowest BCUT2D eigenvalue weighted by atomic mass is 9.98. The average Bonchev–Trinajstić information content (AvgIpc) is 3.59. The van der Waals surface area contributed by atoms with Crippen molar-refractivity contribution in [1.29, 1.82) is 0 Å². The summed E-state index contributed by atoms with van der Waals surface area (Å²) < 4.78 is 13.3. The van der Waals surface area contributed by atoms with Crippen LogP contribution in [0.5, 0.6) is 0 Å². The fourth-order valence-corrected chi connectivity index (χ4v) is 5.59. The quantitative estimate of drug-likeness (QED) is 0.252. The Bertz CT molecular complexity index is 1560. The van der Waals surface area contributed by atoms with Gasteiger partial charge < -0.3 is 19.9 Å². The predicted octanol–water partition coefficient (Wildman–Crippen LogP) is 2.60. The number of ether oxygens (including phenoxy) is 2. The van der Waals surface area contributed by atoms with E-state index in [9.17, 15) is 14.7 Å². The molecule has 0 spiro atoms. The molecule has 4 aromatic rings. The highest BCUT2D eigenvalue weighted by Gasteiger charge is 2.49. The zero-order valence-corrected chi connectivity index (χ0v) is 21.1. The first-order chi connectivity index (χ1) is 18.4. The first-order valence-corrected chi connectivity index (χ1v) is 12.6. The number of rotatable bonds is 6. The Morgan fingerprint density at radius 1 is 1.16 bits per heavy atom. The van der Waals surface area contributed by atoms with E-state index in [2.05, 4.69) is 38.5 Å². The van der Waals surface area contributed by atoms with Crippen LogP contribution in [0.3, 0.4) is 0 Å². The van der Waals surface area contributed by atoms with Crippen LogP contribution in [0.4, 0.5) is 0 Å². The number of aromatic nitrogens is 4. The van der Waals surface area contributed by atoms with E-state index in [1.165, 1.54) is 30.7 Å². The van der Waals surface area contributed by atoms with Crippen molar-refractivity contribution in [3.63, 3.8) is 0 Å². The van der Waals surface area contributed by atoms with Gasteiger partial charge in [0.1, 0.15) is 17.9 Å². The molecule has 2 aromatic carbocycles. The van der Waals surface area contributed by atoms with Gasteiger partial charge >= 0.3 is 5.97 Å². The molecular weight excluding hydrogens is 510 g/mol. The molecule has 1 amide bonds. The summed E-state index contributed by atoms with van der Waals surface area (Å²) >= 11 is 6.15. The van der Waals surface area contributed by atoms with Gasteiger partial charge in [0.25, 0.3) is 0 Å². The molecule has 2 aliphatic rings. The highest BCUT2D eigenvalue weighted by molar-refractivity contribution is 6.33. The molecule has 3 heterocycles. The Balaban J connectivity index is 1.27. The van der Waals surface area contributed by atoms with Crippen LogP contribution in [-0.4, -0.2) is 61.4 Å². The Kier molecular flexibility index (Phi) is 6.30. The minimum Gasteiger partial charge on any atom is -0.455 e. The van der Waals surface area contributed by atoms with E-state index in [1.54, 1.807) is 4.57 Å². The van der Waals surface area contributed by atoms with Gasteiger partial charge in [-0.1, -0.05) is 54.1 Å². The van der Waals surface area contributed by atoms with Crippen LogP contribution in [0.2, 0.25) is 5.15 Å². The van der Waals surface area contributed by atoms with Gasteiger partial charge in [-0.25, -0.2) is 15.0 Å². The van der Waals surface area contributed by atoms with E-state index in [0.29, 0.717) is 11.2 Å². The maximum Gasteiger partial charge on any atom is 0.303 e. The van der Waals surface area contributed by atoms with Crippen LogP contribution < -0.4 is 5.32 Å². The van der Waals surface area contributed by atoms with Gasteiger partial charge in [-0.2, -0.15) is 0 Å². The van der Waals surface area contributed by atoms with Gasteiger partial charge in [-0.3, -0.25) is 14.2 Å². The molecule has 1 saturated heterocycles. The summed E-state index contributed by atoms with van der Waals surface area (Å²) in [7, 11) is 0. The lowest BCUT2D eigenvalue weighted by Gasteiger charge is -2.25. The number of hydrogen-bond acceptors (Lipinski definition) is 8. The number of nitrogens with zero attached hydrogens (tertiary/aromatic N) is 4. The Labute approximate surface area is 222 Å². The van der Waals surface area contributed by atoms with Crippen molar-refractivity contribution in [3.05, 3.63) is 77.0 Å². The van der Waals surface area contributed by atoms with Crippen LogP contribution in [0.1, 0.15) is 29.8 Å². The SMILES string of the molecule is CC(=O)O[C@@H]1[C@H](NC(=O)Cc2cccc3c2Cc2ccccc2-3)[C@@H](CO)O[C@H]1n1cnc2c(Cl)ncnc21. The monoisotopic (exact) mass is 533 g/mol. The van der Waals surface area contributed by atoms with Crippen molar-refractivity contribution in [2.75, 3.05) is 6.61 Å². The standard InChI is InChI=1S/C27H24ClN5O5/c1-14(35)37-24-22(20(11-34)38-27(24)33-13-31-23-25(28)29-12-30-26(23)33)32-21(36)10-16-6-4-8-18-17-7-3-2-5-15(17)9-19(16)18/h2-8,12-13,20,22,24,27,34H,9-11H2,1H3,(H,32,36)/t20-,22-,24-,27-/m1/s1. The van der Waals surface area contributed by atoms with Gasteiger partial charge in [0, 0.05) is 6.92 Å². The summed E-state index contributed by atoms with van der Waals surface area (Å²) in [6.45, 7) is 0.871. The second-order valence-corrected chi connectivity index (χ2v) is 9.72.